The Balaban J connectivity index is 1.77. The van der Waals surface area contributed by atoms with Crippen LogP contribution in [0.5, 0.6) is 0 Å². The van der Waals surface area contributed by atoms with Crippen molar-refractivity contribution in [3.05, 3.63) is 17.0 Å². The highest BCUT2D eigenvalue weighted by Gasteiger charge is 2.15. The number of aromatic amines is 1. The van der Waals surface area contributed by atoms with Crippen LogP contribution >= 0.6 is 0 Å². The van der Waals surface area contributed by atoms with Crippen molar-refractivity contribution in [1.82, 2.24) is 15.5 Å². The minimum Gasteiger partial charge on any atom is -0.381 e. The lowest BCUT2D eigenvalue weighted by atomic mass is 10.1. The summed E-state index contributed by atoms with van der Waals surface area (Å²) in [5, 5.41) is 10.6. The van der Waals surface area contributed by atoms with Gasteiger partial charge < -0.3 is 10.1 Å². The Morgan fingerprint density at radius 1 is 1.53 bits per heavy atom. The topological polar surface area (TPSA) is 49.9 Å². The lowest BCUT2D eigenvalue weighted by molar-refractivity contribution is 0.185. The second-order valence-electron chi connectivity index (χ2n) is 4.27. The van der Waals surface area contributed by atoms with E-state index in [0.29, 0.717) is 5.92 Å². The van der Waals surface area contributed by atoms with Gasteiger partial charge in [-0.25, -0.2) is 0 Å². The van der Waals surface area contributed by atoms with Crippen LogP contribution < -0.4 is 5.32 Å². The van der Waals surface area contributed by atoms with Gasteiger partial charge in [-0.2, -0.15) is 5.10 Å². The highest BCUT2D eigenvalue weighted by atomic mass is 16.5. The van der Waals surface area contributed by atoms with Crippen molar-refractivity contribution < 1.29 is 4.74 Å². The standard InChI is InChI=1S/C11H19N3O/c1-8-11(9(2)14-13-8)6-12-5-10-3-4-15-7-10/h10,12H,3-7H2,1-2H3,(H,13,14)/t10-/m1/s1. The molecule has 0 bridgehead atoms. The van der Waals surface area contributed by atoms with E-state index in [4.69, 9.17) is 4.74 Å². The lowest BCUT2D eigenvalue weighted by Crippen LogP contribution is -2.23. The second-order valence-corrected chi connectivity index (χ2v) is 4.27. The zero-order valence-corrected chi connectivity index (χ0v) is 9.47. The molecule has 0 aliphatic carbocycles. The van der Waals surface area contributed by atoms with Gasteiger partial charge in [-0.3, -0.25) is 5.10 Å². The summed E-state index contributed by atoms with van der Waals surface area (Å²) in [5.41, 5.74) is 3.57. The molecule has 1 atom stereocenters. The fourth-order valence-electron chi connectivity index (χ4n) is 1.98. The van der Waals surface area contributed by atoms with Crippen LogP contribution in [-0.4, -0.2) is 30.0 Å². The van der Waals surface area contributed by atoms with Gasteiger partial charge in [0.2, 0.25) is 0 Å². The number of nitrogens with one attached hydrogen (secondary N) is 2. The van der Waals surface area contributed by atoms with Crippen LogP contribution in [0.15, 0.2) is 0 Å². The largest absolute Gasteiger partial charge is 0.381 e. The molecule has 0 spiro atoms. The zero-order valence-electron chi connectivity index (χ0n) is 9.47. The average molecular weight is 209 g/mol. The Hall–Kier alpha value is -0.870. The molecule has 15 heavy (non-hydrogen) atoms. The number of rotatable bonds is 4. The Labute approximate surface area is 90.4 Å². The molecule has 1 fully saturated rings. The van der Waals surface area contributed by atoms with E-state index in [-0.39, 0.29) is 0 Å². The fourth-order valence-corrected chi connectivity index (χ4v) is 1.98. The van der Waals surface area contributed by atoms with Gasteiger partial charge in [0.25, 0.3) is 0 Å². The molecule has 2 N–H and O–H groups in total. The summed E-state index contributed by atoms with van der Waals surface area (Å²) < 4.78 is 5.33. The molecule has 1 aromatic rings. The van der Waals surface area contributed by atoms with E-state index < -0.39 is 0 Å². The van der Waals surface area contributed by atoms with E-state index >= 15 is 0 Å². The summed E-state index contributed by atoms with van der Waals surface area (Å²) in [7, 11) is 0. The number of hydrogen-bond acceptors (Lipinski definition) is 3. The minimum atomic E-state index is 0.692. The van der Waals surface area contributed by atoms with Crippen molar-refractivity contribution in [3.63, 3.8) is 0 Å². The summed E-state index contributed by atoms with van der Waals surface area (Å²) in [6.07, 6.45) is 1.19. The maximum Gasteiger partial charge on any atom is 0.0638 e. The molecular weight excluding hydrogens is 190 g/mol. The Kier molecular flexibility index (Phi) is 3.38. The smallest absolute Gasteiger partial charge is 0.0638 e. The van der Waals surface area contributed by atoms with E-state index in [1.807, 2.05) is 6.92 Å². The second kappa shape index (κ2) is 4.77. The van der Waals surface area contributed by atoms with Gasteiger partial charge in [0.1, 0.15) is 0 Å². The van der Waals surface area contributed by atoms with Gasteiger partial charge in [0, 0.05) is 31.0 Å². The third-order valence-corrected chi connectivity index (χ3v) is 3.04. The van der Waals surface area contributed by atoms with Crippen LogP contribution in [0.3, 0.4) is 0 Å². The number of aromatic nitrogens is 2. The van der Waals surface area contributed by atoms with Crippen LogP contribution in [0.4, 0.5) is 0 Å². The first-order valence-electron chi connectivity index (χ1n) is 5.56. The lowest BCUT2D eigenvalue weighted by Gasteiger charge is -2.09. The van der Waals surface area contributed by atoms with Crippen LogP contribution in [0.1, 0.15) is 23.4 Å². The van der Waals surface area contributed by atoms with Crippen molar-refractivity contribution in [2.75, 3.05) is 19.8 Å². The number of hydrogen-bond donors (Lipinski definition) is 2. The zero-order chi connectivity index (χ0) is 10.7. The quantitative estimate of drug-likeness (QED) is 0.782. The van der Waals surface area contributed by atoms with Crippen LogP contribution in [0.25, 0.3) is 0 Å². The summed E-state index contributed by atoms with van der Waals surface area (Å²) in [6, 6.07) is 0. The monoisotopic (exact) mass is 209 g/mol. The highest BCUT2D eigenvalue weighted by Crippen LogP contribution is 2.12. The summed E-state index contributed by atoms with van der Waals surface area (Å²) in [4.78, 5) is 0. The Bertz CT molecular complexity index is 296. The van der Waals surface area contributed by atoms with Gasteiger partial charge in [0.05, 0.1) is 12.3 Å². The van der Waals surface area contributed by atoms with E-state index in [1.165, 1.54) is 17.7 Å². The van der Waals surface area contributed by atoms with Gasteiger partial charge in [0.15, 0.2) is 0 Å². The van der Waals surface area contributed by atoms with Crippen molar-refractivity contribution >= 4 is 0 Å². The van der Waals surface area contributed by atoms with Crippen molar-refractivity contribution in [2.24, 2.45) is 5.92 Å². The van der Waals surface area contributed by atoms with Gasteiger partial charge in [-0.15, -0.1) is 0 Å². The normalized spacial score (nSPS) is 21.1. The van der Waals surface area contributed by atoms with Gasteiger partial charge >= 0.3 is 0 Å². The molecule has 1 aromatic heterocycles. The molecule has 0 radical (unpaired) electrons. The number of nitrogens with zero attached hydrogens (tertiary/aromatic N) is 1. The number of aryl methyl sites for hydroxylation is 2. The summed E-state index contributed by atoms with van der Waals surface area (Å²) in [5.74, 6) is 0.692. The third-order valence-electron chi connectivity index (χ3n) is 3.04. The van der Waals surface area contributed by atoms with Crippen molar-refractivity contribution in [3.8, 4) is 0 Å². The first-order valence-corrected chi connectivity index (χ1v) is 5.56. The molecule has 84 valence electrons. The number of H-pyrrole nitrogens is 1. The maximum atomic E-state index is 5.33. The third kappa shape index (κ3) is 2.58. The Morgan fingerprint density at radius 2 is 2.40 bits per heavy atom. The molecule has 1 saturated heterocycles. The Morgan fingerprint density at radius 3 is 3.00 bits per heavy atom. The fraction of sp³-hybridized carbons (Fsp3) is 0.727. The molecule has 4 nitrogen and oxygen atoms in total. The molecule has 0 unspecified atom stereocenters. The first-order chi connectivity index (χ1) is 7.27. The molecule has 2 heterocycles. The molecule has 1 aliphatic rings. The summed E-state index contributed by atoms with van der Waals surface area (Å²) >= 11 is 0. The first kappa shape index (κ1) is 10.6. The van der Waals surface area contributed by atoms with Crippen molar-refractivity contribution in [2.45, 2.75) is 26.8 Å². The van der Waals surface area contributed by atoms with E-state index in [1.54, 1.807) is 0 Å². The van der Waals surface area contributed by atoms with Crippen LogP contribution in [-0.2, 0) is 11.3 Å². The molecule has 0 saturated carbocycles. The molecule has 0 aromatic carbocycles. The predicted octanol–water partition coefficient (Wildman–Crippen LogP) is 1.15. The van der Waals surface area contributed by atoms with Crippen LogP contribution in [0.2, 0.25) is 0 Å². The van der Waals surface area contributed by atoms with Gasteiger partial charge in [-0.1, -0.05) is 0 Å². The molecule has 2 rings (SSSR count). The minimum absolute atomic E-state index is 0.692. The van der Waals surface area contributed by atoms with E-state index in [2.05, 4.69) is 22.4 Å². The molecule has 4 heteroatoms. The average Bonchev–Trinajstić information content (AvgIpc) is 2.82. The van der Waals surface area contributed by atoms with Crippen LogP contribution in [0, 0.1) is 19.8 Å². The molecule has 1 aliphatic heterocycles. The van der Waals surface area contributed by atoms with Crippen molar-refractivity contribution in [1.29, 1.82) is 0 Å². The summed E-state index contributed by atoms with van der Waals surface area (Å²) in [6.45, 7) is 7.90. The highest BCUT2D eigenvalue weighted by molar-refractivity contribution is 5.22. The SMILES string of the molecule is Cc1n[nH]c(C)c1CNC[C@H]1CCOC1. The maximum absolute atomic E-state index is 5.33. The molecule has 0 amide bonds. The van der Waals surface area contributed by atoms with E-state index in [0.717, 1.165) is 32.0 Å². The predicted molar refractivity (Wildman–Crippen MR) is 58.7 cm³/mol. The van der Waals surface area contributed by atoms with Gasteiger partial charge in [-0.05, 0) is 26.2 Å². The number of ether oxygens (including phenoxy) is 1. The van der Waals surface area contributed by atoms with E-state index in [9.17, 15) is 0 Å². The molecular formula is C11H19N3O.